The fourth-order valence-corrected chi connectivity index (χ4v) is 2.84. The fourth-order valence-electron chi connectivity index (χ4n) is 2.50. The molecule has 2 N–H and O–H groups in total. The Morgan fingerprint density at radius 3 is 2.88 bits per heavy atom. The molecule has 1 heterocycles. The quantitative estimate of drug-likeness (QED) is 0.809. The van der Waals surface area contributed by atoms with Crippen molar-refractivity contribution in [2.75, 3.05) is 37.3 Å². The second-order valence-corrected chi connectivity index (χ2v) is 5.78. The van der Waals surface area contributed by atoms with Crippen LogP contribution in [0.2, 0.25) is 0 Å². The SMILES string of the molecule is CC1CN(C)CCCN1c1cc(Br)ccc1N. The number of anilines is 2. The first-order valence-corrected chi connectivity index (χ1v) is 6.87. The lowest BCUT2D eigenvalue weighted by molar-refractivity contribution is 0.337. The number of nitrogens with two attached hydrogens (primary N) is 1. The average molecular weight is 298 g/mol. The highest BCUT2D eigenvalue weighted by Crippen LogP contribution is 2.29. The summed E-state index contributed by atoms with van der Waals surface area (Å²) in [6, 6.07) is 6.59. The molecule has 0 bridgehead atoms. The van der Waals surface area contributed by atoms with Gasteiger partial charge in [-0.25, -0.2) is 0 Å². The third-order valence-corrected chi connectivity index (χ3v) is 3.84. The summed E-state index contributed by atoms with van der Waals surface area (Å²) >= 11 is 3.52. The zero-order valence-electron chi connectivity index (χ0n) is 10.5. The van der Waals surface area contributed by atoms with Gasteiger partial charge in [-0.15, -0.1) is 0 Å². The molecule has 1 unspecified atom stereocenters. The van der Waals surface area contributed by atoms with Crippen molar-refractivity contribution in [2.24, 2.45) is 0 Å². The van der Waals surface area contributed by atoms with E-state index < -0.39 is 0 Å². The lowest BCUT2D eigenvalue weighted by Crippen LogP contribution is -2.38. The van der Waals surface area contributed by atoms with Gasteiger partial charge in [-0.1, -0.05) is 15.9 Å². The van der Waals surface area contributed by atoms with Crippen LogP contribution in [0.1, 0.15) is 13.3 Å². The summed E-state index contributed by atoms with van der Waals surface area (Å²) in [4.78, 5) is 4.81. The van der Waals surface area contributed by atoms with Crippen molar-refractivity contribution in [3.63, 3.8) is 0 Å². The van der Waals surface area contributed by atoms with Gasteiger partial charge in [0.2, 0.25) is 0 Å². The largest absolute Gasteiger partial charge is 0.397 e. The van der Waals surface area contributed by atoms with Crippen molar-refractivity contribution in [2.45, 2.75) is 19.4 Å². The normalized spacial score (nSPS) is 22.5. The summed E-state index contributed by atoms with van der Waals surface area (Å²) in [7, 11) is 2.18. The number of likely N-dealkylation sites (N-methyl/N-ethyl adjacent to an activating group) is 1. The highest BCUT2D eigenvalue weighted by Gasteiger charge is 2.21. The van der Waals surface area contributed by atoms with Gasteiger partial charge in [-0.3, -0.25) is 0 Å². The molecule has 1 atom stereocenters. The first-order chi connectivity index (χ1) is 8.08. The highest BCUT2D eigenvalue weighted by molar-refractivity contribution is 9.10. The molecule has 1 aliphatic rings. The van der Waals surface area contributed by atoms with Crippen LogP contribution in [-0.2, 0) is 0 Å². The molecule has 0 amide bonds. The molecular formula is C13H20BrN3. The Morgan fingerprint density at radius 1 is 1.35 bits per heavy atom. The van der Waals surface area contributed by atoms with E-state index in [0.29, 0.717) is 6.04 Å². The van der Waals surface area contributed by atoms with Crippen LogP contribution < -0.4 is 10.6 Å². The first-order valence-electron chi connectivity index (χ1n) is 6.08. The Morgan fingerprint density at radius 2 is 2.12 bits per heavy atom. The fraction of sp³-hybridized carbons (Fsp3) is 0.538. The molecule has 3 nitrogen and oxygen atoms in total. The molecule has 0 spiro atoms. The standard InChI is InChI=1S/C13H20BrN3/c1-10-9-16(2)6-3-7-17(10)13-8-11(14)4-5-12(13)15/h4-5,8,10H,3,6-7,9,15H2,1-2H3. The van der Waals surface area contributed by atoms with Gasteiger partial charge in [-0.2, -0.15) is 0 Å². The summed E-state index contributed by atoms with van der Waals surface area (Å²) in [6.07, 6.45) is 1.19. The molecule has 1 aliphatic heterocycles. The molecule has 0 radical (unpaired) electrons. The Balaban J connectivity index is 2.28. The molecule has 1 aromatic rings. The predicted molar refractivity (Wildman–Crippen MR) is 77.5 cm³/mol. The minimum Gasteiger partial charge on any atom is -0.397 e. The lowest BCUT2D eigenvalue weighted by atomic mass is 10.2. The number of hydrogen-bond donors (Lipinski definition) is 1. The van der Waals surface area contributed by atoms with E-state index >= 15 is 0 Å². The van der Waals surface area contributed by atoms with E-state index in [2.05, 4.69) is 45.8 Å². The van der Waals surface area contributed by atoms with Crippen molar-refractivity contribution < 1.29 is 0 Å². The Kier molecular flexibility index (Phi) is 3.94. The first kappa shape index (κ1) is 12.7. The molecule has 1 saturated heterocycles. The second kappa shape index (κ2) is 5.27. The van der Waals surface area contributed by atoms with E-state index in [1.807, 2.05) is 12.1 Å². The van der Waals surface area contributed by atoms with Crippen LogP contribution in [0.15, 0.2) is 22.7 Å². The maximum Gasteiger partial charge on any atom is 0.0614 e. The van der Waals surface area contributed by atoms with Crippen molar-refractivity contribution in [3.8, 4) is 0 Å². The van der Waals surface area contributed by atoms with Crippen LogP contribution in [-0.4, -0.2) is 37.6 Å². The number of nitrogens with zero attached hydrogens (tertiary/aromatic N) is 2. The van der Waals surface area contributed by atoms with E-state index in [1.165, 1.54) is 6.42 Å². The van der Waals surface area contributed by atoms with Gasteiger partial charge in [0, 0.05) is 23.6 Å². The molecule has 1 fully saturated rings. The van der Waals surface area contributed by atoms with Crippen LogP contribution in [0.25, 0.3) is 0 Å². The molecule has 0 aromatic heterocycles. The van der Waals surface area contributed by atoms with E-state index in [9.17, 15) is 0 Å². The molecule has 1 aromatic carbocycles. The summed E-state index contributed by atoms with van der Waals surface area (Å²) in [6.45, 7) is 5.59. The van der Waals surface area contributed by atoms with Crippen LogP contribution >= 0.6 is 15.9 Å². The monoisotopic (exact) mass is 297 g/mol. The average Bonchev–Trinajstić information content (AvgIpc) is 2.43. The number of benzene rings is 1. The second-order valence-electron chi connectivity index (χ2n) is 4.86. The summed E-state index contributed by atoms with van der Waals surface area (Å²) < 4.78 is 1.09. The van der Waals surface area contributed by atoms with Crippen molar-refractivity contribution in [1.29, 1.82) is 0 Å². The van der Waals surface area contributed by atoms with Gasteiger partial charge in [0.1, 0.15) is 0 Å². The minimum atomic E-state index is 0.499. The Hall–Kier alpha value is -0.740. The van der Waals surface area contributed by atoms with Gasteiger partial charge in [0.15, 0.2) is 0 Å². The van der Waals surface area contributed by atoms with Crippen LogP contribution in [0.5, 0.6) is 0 Å². The maximum absolute atomic E-state index is 6.09. The van der Waals surface area contributed by atoms with Gasteiger partial charge in [0.25, 0.3) is 0 Å². The molecule has 94 valence electrons. The minimum absolute atomic E-state index is 0.499. The predicted octanol–water partition coefficient (Wildman–Crippen LogP) is 2.56. The molecule has 0 aliphatic carbocycles. The van der Waals surface area contributed by atoms with E-state index in [4.69, 9.17) is 5.73 Å². The van der Waals surface area contributed by atoms with Crippen LogP contribution in [0.3, 0.4) is 0 Å². The number of rotatable bonds is 1. The van der Waals surface area contributed by atoms with Crippen molar-refractivity contribution >= 4 is 27.3 Å². The molecule has 0 saturated carbocycles. The molecule has 17 heavy (non-hydrogen) atoms. The topological polar surface area (TPSA) is 32.5 Å². The van der Waals surface area contributed by atoms with Gasteiger partial charge in [-0.05, 0) is 45.1 Å². The zero-order chi connectivity index (χ0) is 12.4. The maximum atomic E-state index is 6.09. The van der Waals surface area contributed by atoms with E-state index in [-0.39, 0.29) is 0 Å². The van der Waals surface area contributed by atoms with Gasteiger partial charge >= 0.3 is 0 Å². The van der Waals surface area contributed by atoms with Gasteiger partial charge in [0.05, 0.1) is 11.4 Å². The molecular weight excluding hydrogens is 278 g/mol. The van der Waals surface area contributed by atoms with E-state index in [0.717, 1.165) is 35.5 Å². The summed E-state index contributed by atoms with van der Waals surface area (Å²) in [5, 5.41) is 0. The number of nitrogen functional groups attached to an aromatic ring is 1. The highest BCUT2D eigenvalue weighted by atomic mass is 79.9. The Labute approximate surface area is 112 Å². The molecule has 2 rings (SSSR count). The number of halogens is 1. The Bertz CT molecular complexity index is 394. The van der Waals surface area contributed by atoms with E-state index in [1.54, 1.807) is 0 Å². The zero-order valence-corrected chi connectivity index (χ0v) is 12.1. The lowest BCUT2D eigenvalue weighted by Gasteiger charge is -2.31. The van der Waals surface area contributed by atoms with Gasteiger partial charge < -0.3 is 15.5 Å². The summed E-state index contributed by atoms with van der Waals surface area (Å²) in [5.74, 6) is 0. The summed E-state index contributed by atoms with van der Waals surface area (Å²) in [5.41, 5.74) is 8.11. The van der Waals surface area contributed by atoms with Crippen molar-refractivity contribution in [1.82, 2.24) is 4.90 Å². The molecule has 4 heteroatoms. The van der Waals surface area contributed by atoms with Crippen molar-refractivity contribution in [3.05, 3.63) is 22.7 Å². The van der Waals surface area contributed by atoms with Crippen LogP contribution in [0.4, 0.5) is 11.4 Å². The number of hydrogen-bond acceptors (Lipinski definition) is 3. The third-order valence-electron chi connectivity index (χ3n) is 3.35. The van der Waals surface area contributed by atoms with Crippen LogP contribution in [0, 0.1) is 0 Å². The third kappa shape index (κ3) is 2.93. The smallest absolute Gasteiger partial charge is 0.0614 e.